The van der Waals surface area contributed by atoms with Gasteiger partial charge in [-0.15, -0.1) is 0 Å². The van der Waals surface area contributed by atoms with Crippen molar-refractivity contribution in [3.05, 3.63) is 29.1 Å². The molecule has 0 spiro atoms. The normalized spacial score (nSPS) is 28.6. The van der Waals surface area contributed by atoms with Crippen molar-refractivity contribution in [2.45, 2.75) is 38.0 Å². The van der Waals surface area contributed by atoms with E-state index in [1.807, 2.05) is 0 Å². The number of aliphatic hydroxyl groups excluding tert-OH is 1. The second-order valence-corrected chi connectivity index (χ2v) is 4.83. The van der Waals surface area contributed by atoms with E-state index in [0.29, 0.717) is 18.4 Å². The number of pyridine rings is 1. The van der Waals surface area contributed by atoms with Crippen molar-refractivity contribution in [2.24, 2.45) is 5.92 Å². The molecular formula is C13H17NO. The summed E-state index contributed by atoms with van der Waals surface area (Å²) < 4.78 is 0. The molecule has 0 amide bonds. The van der Waals surface area contributed by atoms with E-state index in [0.717, 1.165) is 12.8 Å². The van der Waals surface area contributed by atoms with Crippen LogP contribution < -0.4 is 0 Å². The van der Waals surface area contributed by atoms with Crippen LogP contribution in [0.4, 0.5) is 0 Å². The lowest BCUT2D eigenvalue weighted by molar-refractivity contribution is 0.273. The monoisotopic (exact) mass is 203 g/mol. The Bertz CT molecular complexity index is 375. The molecule has 1 fully saturated rings. The van der Waals surface area contributed by atoms with Crippen LogP contribution in [0, 0.1) is 5.92 Å². The van der Waals surface area contributed by atoms with Crippen molar-refractivity contribution in [1.82, 2.24) is 4.98 Å². The zero-order valence-corrected chi connectivity index (χ0v) is 8.95. The van der Waals surface area contributed by atoms with Crippen molar-refractivity contribution in [3.63, 3.8) is 0 Å². The minimum Gasteiger partial charge on any atom is -0.396 e. The first-order valence-corrected chi connectivity index (χ1v) is 5.98. The van der Waals surface area contributed by atoms with Crippen molar-refractivity contribution >= 4 is 0 Å². The second-order valence-electron chi connectivity index (χ2n) is 4.83. The molecule has 2 atom stereocenters. The third-order valence-corrected chi connectivity index (χ3v) is 3.74. The molecule has 80 valence electrons. The SMILES string of the molecule is OCC1CC1c1ccc2c(n1)CCCC2. The van der Waals surface area contributed by atoms with Gasteiger partial charge in [-0.3, -0.25) is 4.98 Å². The Morgan fingerprint density at radius 1 is 1.27 bits per heavy atom. The lowest BCUT2D eigenvalue weighted by atomic mass is 9.95. The second kappa shape index (κ2) is 3.60. The van der Waals surface area contributed by atoms with E-state index < -0.39 is 0 Å². The van der Waals surface area contributed by atoms with Gasteiger partial charge in [0.15, 0.2) is 0 Å². The molecule has 0 saturated heterocycles. The number of aliphatic hydroxyl groups is 1. The van der Waals surface area contributed by atoms with Gasteiger partial charge < -0.3 is 5.11 Å². The number of nitrogens with zero attached hydrogens (tertiary/aromatic N) is 1. The lowest BCUT2D eigenvalue weighted by Crippen LogP contribution is -2.06. The number of fused-ring (bicyclic) bond motifs is 1. The van der Waals surface area contributed by atoms with E-state index in [4.69, 9.17) is 10.1 Å². The first-order chi connectivity index (χ1) is 7.38. The van der Waals surface area contributed by atoms with Crippen LogP contribution in [0.25, 0.3) is 0 Å². The molecule has 1 heterocycles. The van der Waals surface area contributed by atoms with Crippen LogP contribution in [0.15, 0.2) is 12.1 Å². The summed E-state index contributed by atoms with van der Waals surface area (Å²) in [5.41, 5.74) is 3.99. The first-order valence-electron chi connectivity index (χ1n) is 5.98. The average molecular weight is 203 g/mol. The van der Waals surface area contributed by atoms with Crippen LogP contribution in [0.3, 0.4) is 0 Å². The van der Waals surface area contributed by atoms with Gasteiger partial charge >= 0.3 is 0 Å². The van der Waals surface area contributed by atoms with Gasteiger partial charge in [-0.1, -0.05) is 6.07 Å². The molecule has 2 nitrogen and oxygen atoms in total. The molecule has 0 aliphatic heterocycles. The highest BCUT2D eigenvalue weighted by atomic mass is 16.3. The molecule has 0 radical (unpaired) electrons. The maximum absolute atomic E-state index is 9.05. The summed E-state index contributed by atoms with van der Waals surface area (Å²) in [5.74, 6) is 1.03. The summed E-state index contributed by atoms with van der Waals surface area (Å²) in [6, 6.07) is 4.42. The molecule has 1 aromatic heterocycles. The predicted octanol–water partition coefficient (Wildman–Crippen LogP) is 2.06. The molecule has 0 aromatic carbocycles. The fraction of sp³-hybridized carbons (Fsp3) is 0.615. The van der Waals surface area contributed by atoms with E-state index in [-0.39, 0.29) is 0 Å². The first kappa shape index (κ1) is 9.34. The van der Waals surface area contributed by atoms with Crippen molar-refractivity contribution in [1.29, 1.82) is 0 Å². The van der Waals surface area contributed by atoms with Crippen LogP contribution in [0.2, 0.25) is 0 Å². The lowest BCUT2D eigenvalue weighted by Gasteiger charge is -2.15. The molecule has 2 heteroatoms. The highest BCUT2D eigenvalue weighted by Crippen LogP contribution is 2.46. The average Bonchev–Trinajstić information content (AvgIpc) is 3.08. The Kier molecular flexibility index (Phi) is 2.24. The van der Waals surface area contributed by atoms with Gasteiger partial charge in [-0.05, 0) is 49.7 Å². The summed E-state index contributed by atoms with van der Waals surface area (Å²) in [7, 11) is 0. The molecule has 1 N–H and O–H groups in total. The Morgan fingerprint density at radius 2 is 2.13 bits per heavy atom. The van der Waals surface area contributed by atoms with Crippen LogP contribution in [0.5, 0.6) is 0 Å². The van der Waals surface area contributed by atoms with E-state index in [9.17, 15) is 0 Å². The smallest absolute Gasteiger partial charge is 0.0465 e. The minimum atomic E-state index is 0.323. The molecule has 0 bridgehead atoms. The van der Waals surface area contributed by atoms with E-state index in [1.54, 1.807) is 0 Å². The molecule has 2 aliphatic carbocycles. The summed E-state index contributed by atoms with van der Waals surface area (Å²) in [4.78, 5) is 4.76. The standard InChI is InChI=1S/C13H17NO/c15-8-10-7-11(10)13-6-5-9-3-1-2-4-12(9)14-13/h5-6,10-11,15H,1-4,7-8H2. The van der Waals surface area contributed by atoms with E-state index in [2.05, 4.69) is 12.1 Å². The zero-order valence-electron chi connectivity index (χ0n) is 8.95. The Morgan fingerprint density at radius 3 is 2.93 bits per heavy atom. The highest BCUT2D eigenvalue weighted by molar-refractivity contribution is 5.29. The Balaban J connectivity index is 1.85. The minimum absolute atomic E-state index is 0.323. The molecule has 15 heavy (non-hydrogen) atoms. The van der Waals surface area contributed by atoms with Gasteiger partial charge in [-0.2, -0.15) is 0 Å². The summed E-state index contributed by atoms with van der Waals surface area (Å²) in [6.45, 7) is 0.323. The summed E-state index contributed by atoms with van der Waals surface area (Å²) in [5, 5.41) is 9.05. The third kappa shape index (κ3) is 1.67. The molecule has 3 rings (SSSR count). The van der Waals surface area contributed by atoms with E-state index >= 15 is 0 Å². The number of rotatable bonds is 2. The van der Waals surface area contributed by atoms with Gasteiger partial charge in [0.2, 0.25) is 0 Å². The van der Waals surface area contributed by atoms with E-state index in [1.165, 1.54) is 36.2 Å². The predicted molar refractivity (Wildman–Crippen MR) is 58.8 cm³/mol. The third-order valence-electron chi connectivity index (χ3n) is 3.74. The maximum Gasteiger partial charge on any atom is 0.0465 e. The quantitative estimate of drug-likeness (QED) is 0.798. The Labute approximate surface area is 90.4 Å². The van der Waals surface area contributed by atoms with Gasteiger partial charge in [0.1, 0.15) is 0 Å². The largest absolute Gasteiger partial charge is 0.396 e. The number of hydrogen-bond donors (Lipinski definition) is 1. The molecular weight excluding hydrogens is 186 g/mol. The zero-order chi connectivity index (χ0) is 10.3. The van der Waals surface area contributed by atoms with Crippen LogP contribution in [-0.4, -0.2) is 16.7 Å². The fourth-order valence-electron chi connectivity index (χ4n) is 2.62. The molecule has 2 aliphatic rings. The summed E-state index contributed by atoms with van der Waals surface area (Å²) >= 11 is 0. The van der Waals surface area contributed by atoms with Gasteiger partial charge in [0, 0.05) is 23.9 Å². The van der Waals surface area contributed by atoms with Crippen molar-refractivity contribution in [2.75, 3.05) is 6.61 Å². The molecule has 1 saturated carbocycles. The fourth-order valence-corrected chi connectivity index (χ4v) is 2.62. The van der Waals surface area contributed by atoms with Crippen molar-refractivity contribution < 1.29 is 5.11 Å². The van der Waals surface area contributed by atoms with Crippen LogP contribution >= 0.6 is 0 Å². The highest BCUT2D eigenvalue weighted by Gasteiger charge is 2.38. The molecule has 2 unspecified atom stereocenters. The van der Waals surface area contributed by atoms with Crippen LogP contribution in [0.1, 0.15) is 42.1 Å². The summed E-state index contributed by atoms with van der Waals surface area (Å²) in [6.07, 6.45) is 6.09. The van der Waals surface area contributed by atoms with Crippen LogP contribution in [-0.2, 0) is 12.8 Å². The molecule has 1 aromatic rings. The van der Waals surface area contributed by atoms with Gasteiger partial charge in [-0.25, -0.2) is 0 Å². The topological polar surface area (TPSA) is 33.1 Å². The number of hydrogen-bond acceptors (Lipinski definition) is 2. The number of aryl methyl sites for hydroxylation is 2. The van der Waals surface area contributed by atoms with Gasteiger partial charge in [0.25, 0.3) is 0 Å². The van der Waals surface area contributed by atoms with Gasteiger partial charge in [0.05, 0.1) is 0 Å². The Hall–Kier alpha value is -0.890. The maximum atomic E-state index is 9.05. The van der Waals surface area contributed by atoms with Crippen molar-refractivity contribution in [3.8, 4) is 0 Å². The number of aromatic nitrogens is 1.